The number of carboxylic acid groups (broad SMARTS) is 1. The first kappa shape index (κ1) is 18.4. The number of hydrogen-bond acceptors (Lipinski definition) is 3. The molecule has 1 aromatic carbocycles. The van der Waals surface area contributed by atoms with Gasteiger partial charge in [0.05, 0.1) is 11.3 Å². The van der Waals surface area contributed by atoms with Crippen molar-refractivity contribution in [1.29, 1.82) is 0 Å². The highest BCUT2D eigenvalue weighted by atomic mass is 19.1. The lowest BCUT2D eigenvalue weighted by atomic mass is 9.73. The molecule has 132 valence electrons. The summed E-state index contributed by atoms with van der Waals surface area (Å²) in [5, 5.41) is 12.0. The van der Waals surface area contributed by atoms with Crippen LogP contribution in [-0.2, 0) is 19.7 Å². The number of aliphatic carboxylic acids is 1. The molecule has 0 radical (unpaired) electrons. The van der Waals surface area contributed by atoms with E-state index in [2.05, 4.69) is 5.32 Å². The first-order valence-electron chi connectivity index (χ1n) is 8.34. The van der Waals surface area contributed by atoms with Crippen LogP contribution in [0.15, 0.2) is 24.3 Å². The van der Waals surface area contributed by atoms with Crippen LogP contribution < -0.4 is 5.32 Å². The molecular weight excluding hydrogens is 313 g/mol. The van der Waals surface area contributed by atoms with E-state index >= 15 is 0 Å². The molecule has 0 saturated carbocycles. The summed E-state index contributed by atoms with van der Waals surface area (Å²) in [5.41, 5.74) is -0.249. The molecule has 1 fully saturated rings. The Kier molecular flexibility index (Phi) is 6.31. The van der Waals surface area contributed by atoms with Gasteiger partial charge in [-0.3, -0.25) is 9.59 Å². The van der Waals surface area contributed by atoms with Crippen LogP contribution in [0.25, 0.3) is 0 Å². The maximum Gasteiger partial charge on any atom is 0.308 e. The molecule has 2 rings (SSSR count). The highest BCUT2D eigenvalue weighted by Crippen LogP contribution is 2.35. The Morgan fingerprint density at radius 2 is 2.08 bits per heavy atom. The van der Waals surface area contributed by atoms with Crippen LogP contribution in [0.1, 0.15) is 38.2 Å². The summed E-state index contributed by atoms with van der Waals surface area (Å²) in [4.78, 5) is 24.1. The number of benzene rings is 1. The van der Waals surface area contributed by atoms with Crippen molar-refractivity contribution in [2.75, 3.05) is 19.8 Å². The van der Waals surface area contributed by atoms with E-state index < -0.39 is 17.3 Å². The van der Waals surface area contributed by atoms with E-state index in [0.717, 1.165) is 6.42 Å². The molecular formula is C18H24FNO4. The molecule has 0 aromatic heterocycles. The lowest BCUT2D eigenvalue weighted by Crippen LogP contribution is -2.49. The molecule has 2 N–H and O–H groups in total. The molecule has 1 aromatic rings. The standard InChI is InChI=1S/C18H24FNO4/c1-2-4-13(16(21)22)12-20-17(23)18(7-9-24-10-8-18)14-5-3-6-15(19)11-14/h3,5-6,11,13H,2,4,7-10,12H2,1H3,(H,20,23)(H,21,22). The fraction of sp³-hybridized carbons (Fsp3) is 0.556. The fourth-order valence-electron chi connectivity index (χ4n) is 3.20. The van der Waals surface area contributed by atoms with Crippen LogP contribution in [0.4, 0.5) is 4.39 Å². The van der Waals surface area contributed by atoms with Gasteiger partial charge in [-0.2, -0.15) is 0 Å². The summed E-state index contributed by atoms with van der Waals surface area (Å²) in [5.74, 6) is -2.16. The van der Waals surface area contributed by atoms with Gasteiger partial charge >= 0.3 is 5.97 Å². The monoisotopic (exact) mass is 337 g/mol. The normalized spacial score (nSPS) is 17.9. The molecule has 1 heterocycles. The first-order chi connectivity index (χ1) is 11.5. The zero-order valence-corrected chi connectivity index (χ0v) is 13.9. The third-order valence-electron chi connectivity index (χ3n) is 4.65. The Hall–Kier alpha value is -1.95. The molecule has 5 nitrogen and oxygen atoms in total. The van der Waals surface area contributed by atoms with Crippen LogP contribution in [0.2, 0.25) is 0 Å². The highest BCUT2D eigenvalue weighted by molar-refractivity contribution is 5.88. The average molecular weight is 337 g/mol. The van der Waals surface area contributed by atoms with Gasteiger partial charge in [0.1, 0.15) is 5.82 Å². The zero-order valence-electron chi connectivity index (χ0n) is 13.9. The summed E-state index contributed by atoms with van der Waals surface area (Å²) in [6.07, 6.45) is 2.14. The number of hydrogen-bond donors (Lipinski definition) is 2. The Bertz CT molecular complexity index is 584. The predicted octanol–water partition coefficient (Wildman–Crippen LogP) is 2.49. The number of halogens is 1. The van der Waals surface area contributed by atoms with Gasteiger partial charge in [-0.1, -0.05) is 25.5 Å². The third-order valence-corrected chi connectivity index (χ3v) is 4.65. The predicted molar refractivity (Wildman–Crippen MR) is 87.2 cm³/mol. The molecule has 0 bridgehead atoms. The number of ether oxygens (including phenoxy) is 1. The van der Waals surface area contributed by atoms with E-state index in [1.807, 2.05) is 6.92 Å². The topological polar surface area (TPSA) is 75.6 Å². The molecule has 1 aliphatic rings. The minimum atomic E-state index is -0.913. The van der Waals surface area contributed by atoms with E-state index in [4.69, 9.17) is 4.74 Å². The van der Waals surface area contributed by atoms with Gasteiger partial charge in [0.25, 0.3) is 0 Å². The number of rotatable bonds is 7. The van der Waals surface area contributed by atoms with Gasteiger partial charge in [0.2, 0.25) is 5.91 Å². The highest BCUT2D eigenvalue weighted by Gasteiger charge is 2.42. The molecule has 1 aliphatic heterocycles. The van der Waals surface area contributed by atoms with Crippen LogP contribution in [-0.4, -0.2) is 36.7 Å². The van der Waals surface area contributed by atoms with Crippen LogP contribution in [0, 0.1) is 11.7 Å². The van der Waals surface area contributed by atoms with Crippen molar-refractivity contribution in [3.8, 4) is 0 Å². The van der Waals surface area contributed by atoms with Crippen molar-refractivity contribution in [3.05, 3.63) is 35.6 Å². The second kappa shape index (κ2) is 8.24. The minimum Gasteiger partial charge on any atom is -0.481 e. The van der Waals surface area contributed by atoms with Gasteiger partial charge in [-0.25, -0.2) is 4.39 Å². The molecule has 1 saturated heterocycles. The maximum absolute atomic E-state index is 13.6. The van der Waals surface area contributed by atoms with Crippen LogP contribution in [0.3, 0.4) is 0 Å². The van der Waals surface area contributed by atoms with Crippen molar-refractivity contribution in [1.82, 2.24) is 5.32 Å². The number of carboxylic acids is 1. The first-order valence-corrected chi connectivity index (χ1v) is 8.34. The second-order valence-electron chi connectivity index (χ2n) is 6.24. The summed E-state index contributed by atoms with van der Waals surface area (Å²) < 4.78 is 19.0. The number of carbonyl (C=O) groups excluding carboxylic acids is 1. The van der Waals surface area contributed by atoms with Crippen molar-refractivity contribution in [2.24, 2.45) is 5.92 Å². The summed E-state index contributed by atoms with van der Waals surface area (Å²) in [6.45, 7) is 2.83. The quantitative estimate of drug-likeness (QED) is 0.801. The van der Waals surface area contributed by atoms with E-state index in [-0.39, 0.29) is 18.3 Å². The molecule has 1 amide bonds. The summed E-state index contributed by atoms with van der Waals surface area (Å²) in [7, 11) is 0. The Morgan fingerprint density at radius 1 is 1.38 bits per heavy atom. The van der Waals surface area contributed by atoms with E-state index in [9.17, 15) is 19.1 Å². The smallest absolute Gasteiger partial charge is 0.308 e. The lowest BCUT2D eigenvalue weighted by Gasteiger charge is -2.36. The van der Waals surface area contributed by atoms with E-state index in [1.54, 1.807) is 12.1 Å². The average Bonchev–Trinajstić information content (AvgIpc) is 2.58. The van der Waals surface area contributed by atoms with Gasteiger partial charge in [0, 0.05) is 19.8 Å². The van der Waals surface area contributed by atoms with Gasteiger partial charge in [-0.15, -0.1) is 0 Å². The van der Waals surface area contributed by atoms with Crippen LogP contribution >= 0.6 is 0 Å². The molecule has 1 atom stereocenters. The third kappa shape index (κ3) is 4.12. The van der Waals surface area contributed by atoms with E-state index in [0.29, 0.717) is 38.0 Å². The summed E-state index contributed by atoms with van der Waals surface area (Å²) >= 11 is 0. The number of carbonyl (C=O) groups is 2. The molecule has 0 spiro atoms. The van der Waals surface area contributed by atoms with Gasteiger partial charge in [0.15, 0.2) is 0 Å². The SMILES string of the molecule is CCCC(CNC(=O)C1(c2cccc(F)c2)CCOCC1)C(=O)O. The Labute approximate surface area is 141 Å². The van der Waals surface area contributed by atoms with E-state index in [1.165, 1.54) is 12.1 Å². The fourth-order valence-corrected chi connectivity index (χ4v) is 3.20. The second-order valence-corrected chi connectivity index (χ2v) is 6.24. The lowest BCUT2D eigenvalue weighted by molar-refractivity contribution is -0.142. The van der Waals surface area contributed by atoms with Crippen molar-refractivity contribution >= 4 is 11.9 Å². The van der Waals surface area contributed by atoms with Crippen molar-refractivity contribution in [3.63, 3.8) is 0 Å². The molecule has 0 aliphatic carbocycles. The van der Waals surface area contributed by atoms with Crippen molar-refractivity contribution in [2.45, 2.75) is 38.0 Å². The molecule has 6 heteroatoms. The molecule has 1 unspecified atom stereocenters. The molecule has 24 heavy (non-hydrogen) atoms. The Balaban J connectivity index is 2.18. The number of nitrogens with one attached hydrogen (secondary N) is 1. The van der Waals surface area contributed by atoms with Crippen LogP contribution in [0.5, 0.6) is 0 Å². The largest absolute Gasteiger partial charge is 0.481 e. The minimum absolute atomic E-state index is 0.0833. The number of amides is 1. The summed E-state index contributed by atoms with van der Waals surface area (Å²) in [6, 6.07) is 6.06. The van der Waals surface area contributed by atoms with Gasteiger partial charge < -0.3 is 15.2 Å². The Morgan fingerprint density at radius 3 is 2.67 bits per heavy atom. The van der Waals surface area contributed by atoms with Gasteiger partial charge in [-0.05, 0) is 37.0 Å². The maximum atomic E-state index is 13.6. The van der Waals surface area contributed by atoms with Crippen molar-refractivity contribution < 1.29 is 23.8 Å². The zero-order chi connectivity index (χ0) is 17.6.